The first-order chi connectivity index (χ1) is 4.29. The summed E-state index contributed by atoms with van der Waals surface area (Å²) in [6, 6.07) is 0.171. The Morgan fingerprint density at radius 1 is 1.22 bits per heavy atom. The fourth-order valence-electron chi connectivity index (χ4n) is 1.83. The molecule has 3 nitrogen and oxygen atoms in total. The molecule has 0 radical (unpaired) electrons. The lowest BCUT2D eigenvalue weighted by atomic mass is 10.1. The van der Waals surface area contributed by atoms with Crippen LogP contribution in [0.4, 0.5) is 0 Å². The van der Waals surface area contributed by atoms with E-state index in [1.807, 2.05) is 0 Å². The van der Waals surface area contributed by atoms with Crippen molar-refractivity contribution >= 4 is 0 Å². The Balaban J connectivity index is 2.15. The normalized spacial score (nSPS) is 56.7. The van der Waals surface area contributed by atoms with Crippen LogP contribution in [0.3, 0.4) is 0 Å². The third-order valence-corrected chi connectivity index (χ3v) is 2.44. The molecule has 1 heterocycles. The second-order valence-corrected chi connectivity index (χ2v) is 2.99. The molecule has 3 N–H and O–H groups in total. The molecule has 52 valence electrons. The predicted molar refractivity (Wildman–Crippen MR) is 31.9 cm³/mol. The van der Waals surface area contributed by atoms with Gasteiger partial charge in [-0.3, -0.25) is 0 Å². The zero-order valence-corrected chi connectivity index (χ0v) is 5.12. The monoisotopic (exact) mass is 129 g/mol. The molecule has 0 amide bonds. The van der Waals surface area contributed by atoms with Crippen molar-refractivity contribution in [2.24, 2.45) is 5.92 Å². The van der Waals surface area contributed by atoms with Crippen LogP contribution in [-0.4, -0.2) is 35.0 Å². The summed E-state index contributed by atoms with van der Waals surface area (Å²) in [6.07, 6.45) is -0.0255. The molecule has 0 spiro atoms. The standard InChI is InChI=1S/C6H11NO2/c8-5-3-1-4(6(5)9)7-2-3/h3-9H,1-2H2/t3-,4+,5-,6+/m1/s1. The van der Waals surface area contributed by atoms with E-state index in [0.717, 1.165) is 13.0 Å². The van der Waals surface area contributed by atoms with Gasteiger partial charge in [-0.2, -0.15) is 0 Å². The van der Waals surface area contributed by atoms with Gasteiger partial charge in [-0.15, -0.1) is 0 Å². The molecule has 2 aliphatic rings. The number of fused-ring (bicyclic) bond motifs is 2. The van der Waals surface area contributed by atoms with E-state index in [2.05, 4.69) is 5.32 Å². The average Bonchev–Trinajstić information content (AvgIpc) is 2.37. The first-order valence-electron chi connectivity index (χ1n) is 3.38. The highest BCUT2D eigenvalue weighted by molar-refractivity contribution is 5.01. The molecule has 0 aromatic heterocycles. The van der Waals surface area contributed by atoms with Crippen molar-refractivity contribution in [2.75, 3.05) is 6.54 Å². The lowest BCUT2D eigenvalue weighted by Crippen LogP contribution is -2.45. The second-order valence-electron chi connectivity index (χ2n) is 2.99. The van der Waals surface area contributed by atoms with Gasteiger partial charge in [-0.05, 0) is 6.42 Å². The van der Waals surface area contributed by atoms with Gasteiger partial charge in [0.25, 0.3) is 0 Å². The summed E-state index contributed by atoms with van der Waals surface area (Å²) in [6.45, 7) is 0.878. The van der Waals surface area contributed by atoms with E-state index in [1.165, 1.54) is 0 Å². The highest BCUT2D eigenvalue weighted by Gasteiger charge is 2.45. The Morgan fingerprint density at radius 2 is 2.00 bits per heavy atom. The minimum Gasteiger partial charge on any atom is -0.390 e. The van der Waals surface area contributed by atoms with Crippen molar-refractivity contribution in [3.05, 3.63) is 0 Å². The van der Waals surface area contributed by atoms with Crippen molar-refractivity contribution < 1.29 is 10.2 Å². The smallest absolute Gasteiger partial charge is 0.0954 e. The molecule has 3 heteroatoms. The van der Waals surface area contributed by atoms with Crippen molar-refractivity contribution in [1.82, 2.24) is 5.32 Å². The lowest BCUT2D eigenvalue weighted by molar-refractivity contribution is -0.00445. The number of piperidine rings is 1. The Bertz CT molecular complexity index is 110. The van der Waals surface area contributed by atoms with Gasteiger partial charge in [0.15, 0.2) is 0 Å². The highest BCUT2D eigenvalue weighted by atomic mass is 16.3. The molecular formula is C6H11NO2. The summed E-state index contributed by atoms with van der Waals surface area (Å²) in [5.74, 6) is 0.310. The van der Waals surface area contributed by atoms with Crippen LogP contribution in [0, 0.1) is 5.92 Å². The molecule has 0 aromatic carbocycles. The topological polar surface area (TPSA) is 52.5 Å². The molecule has 0 aromatic rings. The van der Waals surface area contributed by atoms with Crippen molar-refractivity contribution in [3.8, 4) is 0 Å². The van der Waals surface area contributed by atoms with Crippen molar-refractivity contribution in [2.45, 2.75) is 24.7 Å². The fourth-order valence-corrected chi connectivity index (χ4v) is 1.83. The molecular weight excluding hydrogens is 118 g/mol. The summed E-state index contributed by atoms with van der Waals surface area (Å²) >= 11 is 0. The number of rotatable bonds is 0. The zero-order valence-electron chi connectivity index (χ0n) is 5.12. The molecule has 4 atom stereocenters. The van der Waals surface area contributed by atoms with E-state index in [9.17, 15) is 10.2 Å². The van der Waals surface area contributed by atoms with Crippen LogP contribution in [-0.2, 0) is 0 Å². The molecule has 2 fully saturated rings. The maximum absolute atomic E-state index is 9.20. The van der Waals surface area contributed by atoms with E-state index in [1.54, 1.807) is 0 Å². The van der Waals surface area contributed by atoms with Gasteiger partial charge < -0.3 is 15.5 Å². The third kappa shape index (κ3) is 0.625. The van der Waals surface area contributed by atoms with Gasteiger partial charge in [-0.1, -0.05) is 0 Å². The lowest BCUT2D eigenvalue weighted by Gasteiger charge is -2.22. The van der Waals surface area contributed by atoms with Crippen LogP contribution in [0.1, 0.15) is 6.42 Å². The van der Waals surface area contributed by atoms with Crippen LogP contribution >= 0.6 is 0 Å². The van der Waals surface area contributed by atoms with Gasteiger partial charge in [0.1, 0.15) is 0 Å². The van der Waals surface area contributed by atoms with Crippen LogP contribution in [0.2, 0.25) is 0 Å². The fraction of sp³-hybridized carbons (Fsp3) is 1.00. The Labute approximate surface area is 53.7 Å². The van der Waals surface area contributed by atoms with Crippen LogP contribution in [0.25, 0.3) is 0 Å². The molecule has 1 aliphatic carbocycles. The average molecular weight is 129 g/mol. The zero-order chi connectivity index (χ0) is 6.43. The van der Waals surface area contributed by atoms with Gasteiger partial charge in [0, 0.05) is 18.5 Å². The van der Waals surface area contributed by atoms with E-state index in [4.69, 9.17) is 0 Å². The van der Waals surface area contributed by atoms with Crippen LogP contribution in [0.15, 0.2) is 0 Å². The van der Waals surface area contributed by atoms with Crippen LogP contribution < -0.4 is 5.32 Å². The number of aliphatic hydroxyl groups excluding tert-OH is 2. The molecule has 2 bridgehead atoms. The van der Waals surface area contributed by atoms with Crippen molar-refractivity contribution in [3.63, 3.8) is 0 Å². The quantitative estimate of drug-likeness (QED) is 0.381. The Morgan fingerprint density at radius 3 is 2.33 bits per heavy atom. The molecule has 1 saturated carbocycles. The van der Waals surface area contributed by atoms with E-state index < -0.39 is 12.2 Å². The summed E-state index contributed by atoms with van der Waals surface area (Å²) in [4.78, 5) is 0. The maximum Gasteiger partial charge on any atom is 0.0954 e. The minimum atomic E-state index is -0.510. The Hall–Kier alpha value is -0.120. The summed E-state index contributed by atoms with van der Waals surface area (Å²) in [7, 11) is 0. The summed E-state index contributed by atoms with van der Waals surface area (Å²) in [5.41, 5.74) is 0. The summed E-state index contributed by atoms with van der Waals surface area (Å²) < 4.78 is 0. The van der Waals surface area contributed by atoms with Gasteiger partial charge in [0.2, 0.25) is 0 Å². The van der Waals surface area contributed by atoms with Crippen LogP contribution in [0.5, 0.6) is 0 Å². The van der Waals surface area contributed by atoms with Gasteiger partial charge in [0.05, 0.1) is 12.2 Å². The predicted octanol–water partition coefficient (Wildman–Crippen LogP) is -1.30. The van der Waals surface area contributed by atoms with E-state index in [0.29, 0.717) is 5.92 Å². The first kappa shape index (κ1) is 5.65. The number of aliphatic hydroxyl groups is 2. The molecule has 2 rings (SSSR count). The largest absolute Gasteiger partial charge is 0.390 e. The van der Waals surface area contributed by atoms with Gasteiger partial charge in [-0.25, -0.2) is 0 Å². The molecule has 9 heavy (non-hydrogen) atoms. The summed E-state index contributed by atoms with van der Waals surface area (Å²) in [5, 5.41) is 21.5. The molecule has 1 saturated heterocycles. The van der Waals surface area contributed by atoms with Crippen molar-refractivity contribution in [1.29, 1.82) is 0 Å². The number of nitrogens with one attached hydrogen (secondary N) is 1. The minimum absolute atomic E-state index is 0.171. The first-order valence-corrected chi connectivity index (χ1v) is 3.38. The van der Waals surface area contributed by atoms with E-state index in [-0.39, 0.29) is 6.04 Å². The van der Waals surface area contributed by atoms with E-state index >= 15 is 0 Å². The molecule has 0 unspecified atom stereocenters. The Kier molecular flexibility index (Phi) is 1.06. The maximum atomic E-state index is 9.20. The second kappa shape index (κ2) is 1.68. The molecule has 1 aliphatic heterocycles. The SMILES string of the molecule is O[C@@H]1[C@H]2CN[C@@H](C2)[C@@H]1O. The third-order valence-electron chi connectivity index (χ3n) is 2.44. The highest BCUT2D eigenvalue weighted by Crippen LogP contribution is 2.31. The van der Waals surface area contributed by atoms with Gasteiger partial charge >= 0.3 is 0 Å². The number of hydrogen-bond acceptors (Lipinski definition) is 3. The number of hydrogen-bond donors (Lipinski definition) is 3.